The Labute approximate surface area is 164 Å². The fraction of sp³-hybridized carbons (Fsp3) is 0.286. The smallest absolute Gasteiger partial charge is 0.191 e. The molecule has 28 heavy (non-hydrogen) atoms. The van der Waals surface area contributed by atoms with Gasteiger partial charge in [0, 0.05) is 13.1 Å². The lowest BCUT2D eigenvalue weighted by Gasteiger charge is -2.12. The van der Waals surface area contributed by atoms with E-state index in [4.69, 9.17) is 0 Å². The molecule has 0 radical (unpaired) electrons. The zero-order chi connectivity index (χ0) is 19.8. The molecule has 0 aliphatic rings. The van der Waals surface area contributed by atoms with Crippen LogP contribution in [0.2, 0.25) is 0 Å². The Hall–Kier alpha value is -3.22. The Morgan fingerprint density at radius 1 is 1.14 bits per heavy atom. The van der Waals surface area contributed by atoms with E-state index in [0.717, 1.165) is 47.8 Å². The quantitative estimate of drug-likeness (QED) is 0.488. The van der Waals surface area contributed by atoms with Gasteiger partial charge in [0.15, 0.2) is 5.96 Å². The number of aromatic nitrogens is 3. The lowest BCUT2D eigenvalue weighted by atomic mass is 10.1. The summed E-state index contributed by atoms with van der Waals surface area (Å²) in [6, 6.07) is 13.0. The number of guanidine groups is 1. The van der Waals surface area contributed by atoms with E-state index < -0.39 is 0 Å². The molecule has 146 valence electrons. The number of hydrogen-bond donors (Lipinski definition) is 2. The predicted molar refractivity (Wildman–Crippen MR) is 109 cm³/mol. The fourth-order valence-electron chi connectivity index (χ4n) is 2.86. The van der Waals surface area contributed by atoms with E-state index in [0.29, 0.717) is 6.54 Å². The van der Waals surface area contributed by atoms with Gasteiger partial charge in [-0.15, -0.1) is 0 Å². The Balaban J connectivity index is 1.56. The van der Waals surface area contributed by atoms with Crippen LogP contribution in [0.25, 0.3) is 5.69 Å². The van der Waals surface area contributed by atoms with Crippen molar-refractivity contribution < 1.29 is 4.39 Å². The van der Waals surface area contributed by atoms with Crippen LogP contribution in [0.5, 0.6) is 0 Å². The zero-order valence-electron chi connectivity index (χ0n) is 16.2. The molecule has 2 N–H and O–H groups in total. The molecule has 0 unspecified atom stereocenters. The molecule has 2 aromatic carbocycles. The predicted octanol–water partition coefficient (Wildman–Crippen LogP) is 3.01. The van der Waals surface area contributed by atoms with Gasteiger partial charge >= 0.3 is 0 Å². The highest BCUT2D eigenvalue weighted by Crippen LogP contribution is 2.11. The van der Waals surface area contributed by atoms with Crippen LogP contribution in [0.1, 0.15) is 23.6 Å². The third-order valence-electron chi connectivity index (χ3n) is 4.38. The van der Waals surface area contributed by atoms with Crippen molar-refractivity contribution in [2.24, 2.45) is 4.99 Å². The number of nitrogens with one attached hydrogen (secondary N) is 2. The average Bonchev–Trinajstić information content (AvgIpc) is 3.23. The average molecular weight is 380 g/mol. The van der Waals surface area contributed by atoms with Crippen LogP contribution < -0.4 is 10.6 Å². The van der Waals surface area contributed by atoms with Crippen molar-refractivity contribution in [3.05, 3.63) is 77.6 Å². The summed E-state index contributed by atoms with van der Waals surface area (Å²) in [5, 5.41) is 10.7. The van der Waals surface area contributed by atoms with Gasteiger partial charge < -0.3 is 10.6 Å². The molecule has 0 atom stereocenters. The molecule has 3 rings (SSSR count). The monoisotopic (exact) mass is 380 g/mol. The van der Waals surface area contributed by atoms with E-state index in [1.807, 2.05) is 44.2 Å². The summed E-state index contributed by atoms with van der Waals surface area (Å²) < 4.78 is 14.9. The summed E-state index contributed by atoms with van der Waals surface area (Å²) >= 11 is 0. The summed E-state index contributed by atoms with van der Waals surface area (Å²) in [5.74, 6) is 0.571. The molecular formula is C21H25FN6. The van der Waals surface area contributed by atoms with Crippen molar-refractivity contribution in [2.75, 3.05) is 13.1 Å². The summed E-state index contributed by atoms with van der Waals surface area (Å²) in [7, 11) is 0. The van der Waals surface area contributed by atoms with Crippen LogP contribution in [-0.2, 0) is 13.0 Å². The second-order valence-electron chi connectivity index (χ2n) is 6.45. The molecular weight excluding hydrogens is 355 g/mol. The first-order valence-corrected chi connectivity index (χ1v) is 9.37. The summed E-state index contributed by atoms with van der Waals surface area (Å²) in [4.78, 5) is 8.60. The molecule has 0 fully saturated rings. The number of aliphatic imine (C=N–C) groups is 1. The molecule has 0 aliphatic carbocycles. The largest absolute Gasteiger partial charge is 0.357 e. The first-order valence-electron chi connectivity index (χ1n) is 9.37. The van der Waals surface area contributed by atoms with Gasteiger partial charge in [0.2, 0.25) is 0 Å². The van der Waals surface area contributed by atoms with Crippen molar-refractivity contribution in [2.45, 2.75) is 26.8 Å². The normalized spacial score (nSPS) is 11.5. The maximum atomic E-state index is 13.2. The van der Waals surface area contributed by atoms with Gasteiger partial charge in [-0.25, -0.2) is 19.0 Å². The van der Waals surface area contributed by atoms with Crippen LogP contribution in [0.15, 0.2) is 60.1 Å². The number of hydrogen-bond acceptors (Lipinski definition) is 3. The van der Waals surface area contributed by atoms with Gasteiger partial charge in [-0.3, -0.25) is 0 Å². The van der Waals surface area contributed by atoms with Crippen molar-refractivity contribution in [1.82, 2.24) is 25.4 Å². The standard InChI is InChI=1S/C21H25FN6/c1-3-24-21(25-11-10-18-6-7-19(22)12-16(18)2)26-13-17-4-8-20(9-5-17)28-15-23-14-27-28/h4-9,12,14-15H,3,10-11,13H2,1-2H3,(H2,24,25,26). The molecule has 7 heteroatoms. The lowest BCUT2D eigenvalue weighted by Crippen LogP contribution is -2.38. The van der Waals surface area contributed by atoms with E-state index in [9.17, 15) is 4.39 Å². The van der Waals surface area contributed by atoms with E-state index in [-0.39, 0.29) is 5.82 Å². The Kier molecular flexibility index (Phi) is 6.73. The summed E-state index contributed by atoms with van der Waals surface area (Å²) in [6.07, 6.45) is 3.99. The minimum Gasteiger partial charge on any atom is -0.357 e. The second-order valence-corrected chi connectivity index (χ2v) is 6.45. The van der Waals surface area contributed by atoms with Crippen LogP contribution in [0.4, 0.5) is 4.39 Å². The van der Waals surface area contributed by atoms with Crippen LogP contribution in [0, 0.1) is 12.7 Å². The molecule has 0 bridgehead atoms. The number of aryl methyl sites for hydroxylation is 1. The van der Waals surface area contributed by atoms with E-state index in [2.05, 4.69) is 25.7 Å². The van der Waals surface area contributed by atoms with Crippen molar-refractivity contribution >= 4 is 5.96 Å². The van der Waals surface area contributed by atoms with Gasteiger partial charge in [-0.2, -0.15) is 5.10 Å². The number of rotatable bonds is 7. The highest BCUT2D eigenvalue weighted by molar-refractivity contribution is 5.79. The third-order valence-corrected chi connectivity index (χ3v) is 4.38. The van der Waals surface area contributed by atoms with Gasteiger partial charge in [0.1, 0.15) is 18.5 Å². The molecule has 0 saturated heterocycles. The maximum absolute atomic E-state index is 13.2. The Bertz CT molecular complexity index is 903. The fourth-order valence-corrected chi connectivity index (χ4v) is 2.86. The first kappa shape index (κ1) is 19.5. The summed E-state index contributed by atoms with van der Waals surface area (Å²) in [5.41, 5.74) is 4.17. The molecule has 1 heterocycles. The highest BCUT2D eigenvalue weighted by Gasteiger charge is 2.02. The van der Waals surface area contributed by atoms with Gasteiger partial charge in [-0.05, 0) is 61.2 Å². The van der Waals surface area contributed by atoms with E-state index in [1.165, 1.54) is 12.4 Å². The topological polar surface area (TPSA) is 67.1 Å². The molecule has 1 aromatic heterocycles. The molecule has 0 spiro atoms. The van der Waals surface area contributed by atoms with E-state index in [1.54, 1.807) is 17.1 Å². The van der Waals surface area contributed by atoms with Gasteiger partial charge in [-0.1, -0.05) is 18.2 Å². The number of benzene rings is 2. The Morgan fingerprint density at radius 2 is 1.96 bits per heavy atom. The Morgan fingerprint density at radius 3 is 2.64 bits per heavy atom. The first-order chi connectivity index (χ1) is 13.7. The summed E-state index contributed by atoms with van der Waals surface area (Å²) in [6.45, 7) is 6.05. The molecule has 0 aliphatic heterocycles. The molecule has 0 amide bonds. The van der Waals surface area contributed by atoms with Crippen LogP contribution in [0.3, 0.4) is 0 Å². The molecule has 6 nitrogen and oxygen atoms in total. The van der Waals surface area contributed by atoms with Gasteiger partial charge in [0.25, 0.3) is 0 Å². The molecule has 0 saturated carbocycles. The minimum absolute atomic E-state index is 0.195. The van der Waals surface area contributed by atoms with Crippen molar-refractivity contribution in [3.63, 3.8) is 0 Å². The van der Waals surface area contributed by atoms with Crippen LogP contribution in [-0.4, -0.2) is 33.8 Å². The zero-order valence-corrected chi connectivity index (χ0v) is 16.2. The second kappa shape index (κ2) is 9.64. The minimum atomic E-state index is -0.195. The van der Waals surface area contributed by atoms with Crippen LogP contribution >= 0.6 is 0 Å². The van der Waals surface area contributed by atoms with Gasteiger partial charge in [0.05, 0.1) is 12.2 Å². The van der Waals surface area contributed by atoms with Crippen molar-refractivity contribution in [1.29, 1.82) is 0 Å². The van der Waals surface area contributed by atoms with E-state index >= 15 is 0 Å². The van der Waals surface area contributed by atoms with Crippen molar-refractivity contribution in [3.8, 4) is 5.69 Å². The number of nitrogens with zero attached hydrogens (tertiary/aromatic N) is 4. The SMILES string of the molecule is CCNC(=NCc1ccc(-n2cncn2)cc1)NCCc1ccc(F)cc1C. The molecule has 3 aromatic rings. The maximum Gasteiger partial charge on any atom is 0.191 e. The highest BCUT2D eigenvalue weighted by atomic mass is 19.1. The third kappa shape index (κ3) is 5.39. The number of halogens is 1. The lowest BCUT2D eigenvalue weighted by molar-refractivity contribution is 0.625.